The molecule has 0 atom stereocenters. The van der Waals surface area contributed by atoms with Gasteiger partial charge in [-0.1, -0.05) is 11.4 Å². The average Bonchev–Trinajstić information content (AvgIpc) is 2.96. The van der Waals surface area contributed by atoms with Crippen LogP contribution >= 0.6 is 38.8 Å². The van der Waals surface area contributed by atoms with E-state index in [-0.39, 0.29) is 5.91 Å². The number of amides is 1. The van der Waals surface area contributed by atoms with E-state index in [1.165, 1.54) is 11.5 Å². The number of halogens is 1. The van der Waals surface area contributed by atoms with Crippen molar-refractivity contribution in [3.8, 4) is 0 Å². The van der Waals surface area contributed by atoms with Crippen molar-refractivity contribution in [2.75, 3.05) is 7.05 Å². The fourth-order valence-electron chi connectivity index (χ4n) is 1.55. The highest BCUT2D eigenvalue weighted by Crippen LogP contribution is 2.22. The van der Waals surface area contributed by atoms with Crippen LogP contribution in [0.3, 0.4) is 0 Å². The molecule has 0 aromatic carbocycles. The molecule has 2 rings (SSSR count). The maximum Gasteiger partial charge on any atom is 0.267 e. The smallest absolute Gasteiger partial charge is 0.267 e. The molecule has 2 heterocycles. The molecule has 0 aliphatic carbocycles. The zero-order chi connectivity index (χ0) is 13.1. The molecule has 0 unspecified atom stereocenters. The molecule has 96 valence electrons. The monoisotopic (exact) mass is 345 g/mol. The molecule has 0 saturated heterocycles. The van der Waals surface area contributed by atoms with E-state index in [0.717, 1.165) is 21.5 Å². The number of carbonyl (C=O) groups is 1. The van der Waals surface area contributed by atoms with Crippen LogP contribution in [-0.2, 0) is 13.0 Å². The second kappa shape index (κ2) is 5.90. The molecule has 0 N–H and O–H groups in total. The molecule has 18 heavy (non-hydrogen) atoms. The molecule has 0 aliphatic heterocycles. The zero-order valence-corrected chi connectivity index (χ0v) is 13.2. The van der Waals surface area contributed by atoms with E-state index in [0.29, 0.717) is 11.4 Å². The lowest BCUT2D eigenvalue weighted by atomic mass is 10.2. The van der Waals surface area contributed by atoms with E-state index in [9.17, 15) is 4.79 Å². The Balaban J connectivity index is 2.09. The summed E-state index contributed by atoms with van der Waals surface area (Å²) in [6.07, 6.45) is 0.732. The van der Waals surface area contributed by atoms with E-state index in [4.69, 9.17) is 0 Å². The second-order valence-corrected chi connectivity index (χ2v) is 6.87. The van der Waals surface area contributed by atoms with Gasteiger partial charge in [-0.3, -0.25) is 4.79 Å². The number of thiophene rings is 1. The van der Waals surface area contributed by atoms with Crippen LogP contribution in [0.25, 0.3) is 0 Å². The van der Waals surface area contributed by atoms with Gasteiger partial charge in [-0.25, -0.2) is 0 Å². The zero-order valence-electron chi connectivity index (χ0n) is 10.0. The van der Waals surface area contributed by atoms with Crippen LogP contribution in [0.1, 0.15) is 27.9 Å². The lowest BCUT2D eigenvalue weighted by Gasteiger charge is -2.15. The summed E-state index contributed by atoms with van der Waals surface area (Å²) in [5.74, 6) is -0.0100. The van der Waals surface area contributed by atoms with Crippen molar-refractivity contribution in [3.05, 3.63) is 31.4 Å². The predicted molar refractivity (Wildman–Crippen MR) is 77.1 cm³/mol. The van der Waals surface area contributed by atoms with Crippen molar-refractivity contribution in [1.82, 2.24) is 14.5 Å². The number of aromatic nitrogens is 2. The molecule has 4 nitrogen and oxygen atoms in total. The summed E-state index contributed by atoms with van der Waals surface area (Å²) in [6, 6.07) is 2.03. The number of nitrogens with zero attached hydrogens (tertiary/aromatic N) is 3. The topological polar surface area (TPSA) is 46.1 Å². The maximum atomic E-state index is 12.2. The normalized spacial score (nSPS) is 10.6. The van der Waals surface area contributed by atoms with Crippen molar-refractivity contribution in [2.45, 2.75) is 19.9 Å². The van der Waals surface area contributed by atoms with E-state index in [1.54, 1.807) is 23.3 Å². The Kier molecular flexibility index (Phi) is 4.47. The van der Waals surface area contributed by atoms with Crippen LogP contribution < -0.4 is 0 Å². The van der Waals surface area contributed by atoms with Gasteiger partial charge in [-0.15, -0.1) is 16.4 Å². The van der Waals surface area contributed by atoms with Crippen LogP contribution in [0.2, 0.25) is 0 Å². The molecule has 2 aromatic heterocycles. The van der Waals surface area contributed by atoms with E-state index in [2.05, 4.69) is 25.5 Å². The van der Waals surface area contributed by atoms with Gasteiger partial charge in [0, 0.05) is 13.6 Å². The lowest BCUT2D eigenvalue weighted by molar-refractivity contribution is 0.0788. The summed E-state index contributed by atoms with van der Waals surface area (Å²) in [5.41, 5.74) is 1.90. The van der Waals surface area contributed by atoms with Gasteiger partial charge in [-0.2, -0.15) is 0 Å². The minimum absolute atomic E-state index is 0.0100. The Labute approximate surface area is 122 Å². The number of rotatable bonds is 4. The molecule has 0 radical (unpaired) electrons. The van der Waals surface area contributed by atoms with Gasteiger partial charge < -0.3 is 4.90 Å². The first-order valence-corrected chi connectivity index (χ1v) is 7.86. The van der Waals surface area contributed by atoms with Crippen LogP contribution in [-0.4, -0.2) is 27.4 Å². The third-order valence-corrected chi connectivity index (χ3v) is 4.78. The number of hydrogen-bond acceptors (Lipinski definition) is 5. The molecule has 7 heteroatoms. The van der Waals surface area contributed by atoms with Crippen molar-refractivity contribution in [1.29, 1.82) is 0 Å². The van der Waals surface area contributed by atoms with E-state index < -0.39 is 0 Å². The summed E-state index contributed by atoms with van der Waals surface area (Å²) in [7, 11) is 1.80. The first-order chi connectivity index (χ1) is 8.61. The summed E-state index contributed by atoms with van der Waals surface area (Å²) in [4.78, 5) is 14.6. The first kappa shape index (κ1) is 13.6. The van der Waals surface area contributed by atoms with Gasteiger partial charge in [-0.05, 0) is 50.9 Å². The summed E-state index contributed by atoms with van der Waals surface area (Å²) in [5, 5.41) is 6.01. The molecule has 0 aliphatic rings. The Morgan fingerprint density at radius 1 is 1.56 bits per heavy atom. The predicted octanol–water partition coefficient (Wildman–Crippen LogP) is 3.20. The van der Waals surface area contributed by atoms with Crippen molar-refractivity contribution < 1.29 is 4.79 Å². The fraction of sp³-hybridized carbons (Fsp3) is 0.364. The minimum atomic E-state index is -0.0100. The lowest BCUT2D eigenvalue weighted by Crippen LogP contribution is -2.26. The number of hydrogen-bond donors (Lipinski definition) is 0. The summed E-state index contributed by atoms with van der Waals surface area (Å²) < 4.78 is 4.92. The third kappa shape index (κ3) is 2.96. The second-order valence-electron chi connectivity index (χ2n) is 3.82. The molecular formula is C11H12BrN3OS2. The van der Waals surface area contributed by atoms with Gasteiger partial charge in [0.05, 0.1) is 9.48 Å². The molecule has 2 aromatic rings. The van der Waals surface area contributed by atoms with Crippen LogP contribution in [0, 0.1) is 0 Å². The van der Waals surface area contributed by atoms with Crippen LogP contribution in [0.15, 0.2) is 15.2 Å². The number of carbonyl (C=O) groups excluding carboxylic acids is 1. The van der Waals surface area contributed by atoms with E-state index in [1.807, 2.05) is 18.4 Å². The van der Waals surface area contributed by atoms with Gasteiger partial charge in [0.1, 0.15) is 4.88 Å². The molecule has 0 bridgehead atoms. The average molecular weight is 346 g/mol. The fourth-order valence-corrected chi connectivity index (χ4v) is 3.50. The van der Waals surface area contributed by atoms with E-state index >= 15 is 0 Å². The van der Waals surface area contributed by atoms with Crippen molar-refractivity contribution in [3.63, 3.8) is 0 Å². The minimum Gasteiger partial charge on any atom is -0.337 e. The van der Waals surface area contributed by atoms with Crippen molar-refractivity contribution in [2.24, 2.45) is 0 Å². The first-order valence-electron chi connectivity index (χ1n) is 5.41. The third-order valence-electron chi connectivity index (χ3n) is 2.47. The van der Waals surface area contributed by atoms with Gasteiger partial charge >= 0.3 is 0 Å². The summed E-state index contributed by atoms with van der Waals surface area (Å²) >= 11 is 6.20. The molecule has 0 spiro atoms. The Morgan fingerprint density at radius 3 is 2.94 bits per heavy atom. The SMILES string of the molecule is CCc1nnsc1C(=O)N(C)Cc1csc(Br)c1. The van der Waals surface area contributed by atoms with Gasteiger partial charge in [0.2, 0.25) is 0 Å². The molecule has 1 amide bonds. The largest absolute Gasteiger partial charge is 0.337 e. The highest BCUT2D eigenvalue weighted by Gasteiger charge is 2.19. The Bertz CT molecular complexity index is 552. The molecule has 0 fully saturated rings. The van der Waals surface area contributed by atoms with Gasteiger partial charge in [0.15, 0.2) is 0 Å². The Hall–Kier alpha value is -0.790. The highest BCUT2D eigenvalue weighted by molar-refractivity contribution is 9.11. The molecular weight excluding hydrogens is 334 g/mol. The maximum absolute atomic E-state index is 12.2. The quantitative estimate of drug-likeness (QED) is 0.854. The van der Waals surface area contributed by atoms with Crippen LogP contribution in [0.4, 0.5) is 0 Å². The summed E-state index contributed by atoms with van der Waals surface area (Å²) in [6.45, 7) is 2.57. The highest BCUT2D eigenvalue weighted by atomic mass is 79.9. The van der Waals surface area contributed by atoms with Gasteiger partial charge in [0.25, 0.3) is 5.91 Å². The standard InChI is InChI=1S/C11H12BrN3OS2/c1-3-8-10(18-14-13-8)11(16)15(2)5-7-4-9(12)17-6-7/h4,6H,3,5H2,1-2H3. The number of aryl methyl sites for hydroxylation is 1. The van der Waals surface area contributed by atoms with Crippen LogP contribution in [0.5, 0.6) is 0 Å². The molecule has 0 saturated carbocycles. The Morgan fingerprint density at radius 2 is 2.33 bits per heavy atom. The van der Waals surface area contributed by atoms with Crippen molar-refractivity contribution >= 4 is 44.7 Å².